The van der Waals surface area contributed by atoms with Crippen LogP contribution in [0.4, 0.5) is 5.13 Å². The molecule has 154 valence electrons. The van der Waals surface area contributed by atoms with E-state index in [0.29, 0.717) is 0 Å². The first-order valence-electron chi connectivity index (χ1n) is 8.52. The number of aryl methyl sites for hydroxylation is 1. The molecule has 0 aliphatic heterocycles. The first-order chi connectivity index (χ1) is 14.1. The lowest BCUT2D eigenvalue weighted by molar-refractivity contribution is -0.112. The molecule has 3 aromatic rings. The van der Waals surface area contributed by atoms with Crippen LogP contribution in [0.25, 0.3) is 11.8 Å². The molecule has 0 aliphatic rings. The third-order valence-electron chi connectivity index (χ3n) is 4.18. The van der Waals surface area contributed by atoms with Gasteiger partial charge >= 0.3 is 0 Å². The van der Waals surface area contributed by atoms with Gasteiger partial charge in [-0.3, -0.25) is 10.1 Å². The summed E-state index contributed by atoms with van der Waals surface area (Å²) in [6.07, 6.45) is 2.47. The van der Waals surface area contributed by atoms with E-state index >= 15 is 0 Å². The van der Waals surface area contributed by atoms with Gasteiger partial charge in [-0.05, 0) is 55.8 Å². The van der Waals surface area contributed by atoms with Crippen molar-refractivity contribution in [1.82, 2.24) is 13.9 Å². The Kier molecular flexibility index (Phi) is 6.21. The van der Waals surface area contributed by atoms with Crippen molar-refractivity contribution in [2.75, 3.05) is 11.6 Å². The highest BCUT2D eigenvalue weighted by Gasteiger charge is 2.18. The maximum Gasteiger partial charge on any atom is 0.268 e. The van der Waals surface area contributed by atoms with Gasteiger partial charge in [-0.15, -0.1) is 0 Å². The molecule has 0 bridgehead atoms. The van der Waals surface area contributed by atoms with Gasteiger partial charge in [-0.25, -0.2) is 8.42 Å². The van der Waals surface area contributed by atoms with Crippen molar-refractivity contribution in [2.24, 2.45) is 0 Å². The number of nitrogens with zero attached hydrogens (tertiary/aromatic N) is 4. The summed E-state index contributed by atoms with van der Waals surface area (Å²) in [4.78, 5) is 16.3. The Balaban J connectivity index is 1.90. The van der Waals surface area contributed by atoms with Gasteiger partial charge < -0.3 is 4.57 Å². The molecule has 0 atom stereocenters. The number of hydrogen-bond acceptors (Lipinski definition) is 7. The average molecular weight is 506 g/mol. The van der Waals surface area contributed by atoms with E-state index in [1.54, 1.807) is 0 Å². The molecular formula is C19H16BrN5O3S2. The minimum Gasteiger partial charge on any atom is -0.318 e. The van der Waals surface area contributed by atoms with E-state index in [0.717, 1.165) is 44.9 Å². The van der Waals surface area contributed by atoms with E-state index < -0.39 is 15.7 Å². The molecule has 2 aromatic heterocycles. The second-order valence-corrected chi connectivity index (χ2v) is 9.99. The number of benzene rings is 1. The van der Waals surface area contributed by atoms with Gasteiger partial charge in [0.25, 0.3) is 11.1 Å². The second-order valence-electron chi connectivity index (χ2n) is 6.42. The number of anilines is 1. The smallest absolute Gasteiger partial charge is 0.268 e. The normalized spacial score (nSPS) is 11.9. The summed E-state index contributed by atoms with van der Waals surface area (Å²) in [5.74, 6) is -0.692. The zero-order valence-corrected chi connectivity index (χ0v) is 19.4. The summed E-state index contributed by atoms with van der Waals surface area (Å²) >= 11 is 4.15. The highest BCUT2D eigenvalue weighted by atomic mass is 79.9. The maximum absolute atomic E-state index is 12.5. The summed E-state index contributed by atoms with van der Waals surface area (Å²) in [5.41, 5.74) is 3.35. The van der Waals surface area contributed by atoms with Crippen LogP contribution in [0, 0.1) is 25.2 Å². The first-order valence-corrected chi connectivity index (χ1v) is 12.0. The second kappa shape index (κ2) is 8.51. The number of nitrogens with one attached hydrogen (secondary N) is 1. The number of sulfone groups is 1. The number of amides is 1. The summed E-state index contributed by atoms with van der Waals surface area (Å²) in [5, 5.41) is 11.5. The van der Waals surface area contributed by atoms with E-state index in [2.05, 4.69) is 30.6 Å². The number of halogens is 1. The van der Waals surface area contributed by atoms with Crippen LogP contribution in [0.5, 0.6) is 0 Å². The Morgan fingerprint density at radius 3 is 2.53 bits per heavy atom. The summed E-state index contributed by atoms with van der Waals surface area (Å²) in [6, 6.07) is 11.6. The lowest BCUT2D eigenvalue weighted by Gasteiger charge is -2.09. The zero-order chi connectivity index (χ0) is 22.1. The van der Waals surface area contributed by atoms with Gasteiger partial charge in [0.15, 0.2) is 0 Å². The number of carbonyl (C=O) groups excluding carboxylic acids is 1. The highest BCUT2D eigenvalue weighted by Crippen LogP contribution is 2.24. The van der Waals surface area contributed by atoms with Crippen LogP contribution in [-0.4, -0.2) is 34.5 Å². The third-order valence-corrected chi connectivity index (χ3v) is 6.30. The fraction of sp³-hybridized carbons (Fsp3) is 0.158. The lowest BCUT2D eigenvalue weighted by atomic mass is 10.1. The van der Waals surface area contributed by atoms with E-state index in [9.17, 15) is 18.5 Å². The van der Waals surface area contributed by atoms with Crippen LogP contribution in [0.1, 0.15) is 17.0 Å². The van der Waals surface area contributed by atoms with Gasteiger partial charge in [-0.1, -0.05) is 15.9 Å². The van der Waals surface area contributed by atoms with Crippen LogP contribution in [-0.2, 0) is 14.6 Å². The summed E-state index contributed by atoms with van der Waals surface area (Å²) in [6.45, 7) is 3.84. The molecular weight excluding hydrogens is 490 g/mol. The SMILES string of the molecule is Cc1cc(/C=C(/C#N)C(=O)Nc2nc(S(C)(=O)=O)ns2)c(C)n1-c1ccc(Br)cc1. The number of hydrogen-bond donors (Lipinski definition) is 1. The predicted molar refractivity (Wildman–Crippen MR) is 118 cm³/mol. The fourth-order valence-corrected chi connectivity index (χ4v) is 4.50. The molecule has 2 heterocycles. The third kappa shape index (κ3) is 4.67. The lowest BCUT2D eigenvalue weighted by Crippen LogP contribution is -2.13. The Labute approximate surface area is 186 Å². The highest BCUT2D eigenvalue weighted by molar-refractivity contribution is 9.10. The van der Waals surface area contributed by atoms with Crippen molar-refractivity contribution >= 4 is 54.4 Å². The maximum atomic E-state index is 12.5. The minimum absolute atomic E-state index is 0.00177. The molecule has 0 saturated carbocycles. The molecule has 1 aromatic carbocycles. The van der Waals surface area contributed by atoms with E-state index in [-0.39, 0.29) is 15.9 Å². The standard InChI is InChI=1S/C19H16BrN5O3S2/c1-11-8-13(12(2)25(11)16-6-4-15(20)5-7-16)9-14(10-21)17(26)22-18-23-19(24-29-18)30(3,27)28/h4-9H,1-3H3,(H,22,23,24,26)/b14-9-. The predicted octanol–water partition coefficient (Wildman–Crippen LogP) is 3.66. The van der Waals surface area contributed by atoms with Gasteiger partial charge in [0.1, 0.15) is 11.6 Å². The largest absolute Gasteiger partial charge is 0.318 e. The molecule has 0 spiro atoms. The summed E-state index contributed by atoms with van der Waals surface area (Å²) < 4.78 is 29.6. The van der Waals surface area contributed by atoms with Crippen molar-refractivity contribution in [3.05, 3.63) is 57.3 Å². The van der Waals surface area contributed by atoms with Crippen molar-refractivity contribution < 1.29 is 13.2 Å². The average Bonchev–Trinajstić information content (AvgIpc) is 3.25. The van der Waals surface area contributed by atoms with Gasteiger partial charge in [-0.2, -0.15) is 14.6 Å². The molecule has 30 heavy (non-hydrogen) atoms. The number of rotatable bonds is 5. The summed E-state index contributed by atoms with van der Waals surface area (Å²) in [7, 11) is -3.58. The zero-order valence-electron chi connectivity index (χ0n) is 16.2. The number of nitriles is 1. The van der Waals surface area contributed by atoms with Crippen LogP contribution in [0.15, 0.2) is 45.5 Å². The van der Waals surface area contributed by atoms with E-state index in [4.69, 9.17) is 0 Å². The monoisotopic (exact) mass is 505 g/mol. The van der Waals surface area contributed by atoms with Crippen LogP contribution in [0.3, 0.4) is 0 Å². The fourth-order valence-electron chi connectivity index (χ4n) is 2.80. The molecule has 8 nitrogen and oxygen atoms in total. The molecule has 1 amide bonds. The van der Waals surface area contributed by atoms with Crippen molar-refractivity contribution in [3.8, 4) is 11.8 Å². The van der Waals surface area contributed by atoms with Crippen molar-refractivity contribution in [3.63, 3.8) is 0 Å². The van der Waals surface area contributed by atoms with Crippen molar-refractivity contribution in [1.29, 1.82) is 5.26 Å². The number of carbonyl (C=O) groups is 1. The Morgan fingerprint density at radius 1 is 1.30 bits per heavy atom. The van der Waals surface area contributed by atoms with Crippen LogP contribution < -0.4 is 5.32 Å². The molecule has 11 heteroatoms. The van der Waals surface area contributed by atoms with Crippen LogP contribution >= 0.6 is 27.5 Å². The molecule has 0 radical (unpaired) electrons. The Bertz CT molecular complexity index is 1300. The molecule has 0 saturated heterocycles. The molecule has 1 N–H and O–H groups in total. The minimum atomic E-state index is -3.58. The number of aromatic nitrogens is 3. The molecule has 0 aliphatic carbocycles. The molecule has 0 fully saturated rings. The van der Waals surface area contributed by atoms with Gasteiger partial charge in [0.2, 0.25) is 15.0 Å². The Hall–Kier alpha value is -2.81. The topological polar surface area (TPSA) is 118 Å². The van der Waals surface area contributed by atoms with Gasteiger partial charge in [0.05, 0.1) is 0 Å². The van der Waals surface area contributed by atoms with E-state index in [1.165, 1.54) is 6.08 Å². The molecule has 3 rings (SSSR count). The van der Waals surface area contributed by atoms with E-state index in [1.807, 2.05) is 54.8 Å². The quantitative estimate of drug-likeness (QED) is 0.417. The molecule has 0 unspecified atom stereocenters. The van der Waals surface area contributed by atoms with Gasteiger partial charge in [0, 0.05) is 39.3 Å². The van der Waals surface area contributed by atoms with Crippen LogP contribution in [0.2, 0.25) is 0 Å². The van der Waals surface area contributed by atoms with Crippen molar-refractivity contribution in [2.45, 2.75) is 19.0 Å². The first kappa shape index (κ1) is 21.9. The Morgan fingerprint density at radius 2 is 1.97 bits per heavy atom.